The highest BCUT2D eigenvalue weighted by atomic mass is 16.5. The zero-order valence-electron chi connectivity index (χ0n) is 15.2. The second kappa shape index (κ2) is 7.60. The van der Waals surface area contributed by atoms with Gasteiger partial charge in [0.25, 0.3) is 0 Å². The number of anilines is 1. The third-order valence-electron chi connectivity index (χ3n) is 4.73. The Hall–Kier alpha value is -3.54. The van der Waals surface area contributed by atoms with Crippen LogP contribution in [-0.2, 0) is 16.1 Å². The smallest absolute Gasteiger partial charge is 0.240 e. The van der Waals surface area contributed by atoms with Gasteiger partial charge in [0.05, 0.1) is 18.5 Å². The van der Waals surface area contributed by atoms with Crippen molar-refractivity contribution < 1.29 is 18.7 Å². The van der Waals surface area contributed by atoms with E-state index >= 15 is 0 Å². The maximum Gasteiger partial charge on any atom is 0.240 e. The van der Waals surface area contributed by atoms with Crippen LogP contribution < -0.4 is 15.4 Å². The molecule has 6 heteroatoms. The van der Waals surface area contributed by atoms with E-state index in [9.17, 15) is 9.59 Å². The normalized spacial score (nSPS) is 14.1. The Morgan fingerprint density at radius 1 is 0.929 bits per heavy atom. The number of furan rings is 1. The van der Waals surface area contributed by atoms with Gasteiger partial charge >= 0.3 is 0 Å². The molecule has 4 rings (SSSR count). The summed E-state index contributed by atoms with van der Waals surface area (Å²) in [5.41, 5.74) is -0.506. The third-order valence-corrected chi connectivity index (χ3v) is 4.73. The average Bonchev–Trinajstić information content (AvgIpc) is 3.37. The van der Waals surface area contributed by atoms with E-state index in [4.69, 9.17) is 9.15 Å². The molecule has 0 unspecified atom stereocenters. The van der Waals surface area contributed by atoms with Crippen molar-refractivity contribution in [2.45, 2.75) is 19.4 Å². The van der Waals surface area contributed by atoms with E-state index in [2.05, 4.69) is 10.6 Å². The van der Waals surface area contributed by atoms with E-state index in [1.54, 1.807) is 30.5 Å². The van der Waals surface area contributed by atoms with Gasteiger partial charge in [-0.15, -0.1) is 0 Å². The van der Waals surface area contributed by atoms with Crippen molar-refractivity contribution in [2.24, 2.45) is 5.41 Å². The van der Waals surface area contributed by atoms with Crippen molar-refractivity contribution in [3.05, 3.63) is 78.8 Å². The van der Waals surface area contributed by atoms with Crippen molar-refractivity contribution in [1.29, 1.82) is 0 Å². The first-order valence-corrected chi connectivity index (χ1v) is 9.11. The summed E-state index contributed by atoms with van der Waals surface area (Å²) in [6, 6.07) is 20.0. The van der Waals surface area contributed by atoms with Gasteiger partial charge in [0.1, 0.15) is 16.9 Å². The molecule has 1 fully saturated rings. The van der Waals surface area contributed by atoms with E-state index < -0.39 is 5.41 Å². The first-order chi connectivity index (χ1) is 13.7. The number of hydrogen-bond acceptors (Lipinski definition) is 4. The van der Waals surface area contributed by atoms with Crippen molar-refractivity contribution in [3.8, 4) is 11.5 Å². The van der Waals surface area contributed by atoms with Gasteiger partial charge in [-0.3, -0.25) is 9.59 Å². The van der Waals surface area contributed by atoms with Crippen molar-refractivity contribution in [2.75, 3.05) is 5.32 Å². The van der Waals surface area contributed by atoms with E-state index in [0.29, 0.717) is 35.8 Å². The van der Waals surface area contributed by atoms with Crippen LogP contribution in [0.1, 0.15) is 18.6 Å². The summed E-state index contributed by atoms with van der Waals surface area (Å²) in [4.78, 5) is 25.4. The van der Waals surface area contributed by atoms with Crippen molar-refractivity contribution >= 4 is 17.5 Å². The van der Waals surface area contributed by atoms with Gasteiger partial charge in [-0.05, 0) is 49.2 Å². The summed E-state index contributed by atoms with van der Waals surface area (Å²) >= 11 is 0. The Morgan fingerprint density at radius 2 is 1.68 bits per heavy atom. The quantitative estimate of drug-likeness (QED) is 0.608. The fraction of sp³-hybridized carbons (Fsp3) is 0.182. The zero-order chi connectivity index (χ0) is 19.4. The lowest BCUT2D eigenvalue weighted by Crippen LogP contribution is -2.39. The van der Waals surface area contributed by atoms with E-state index in [0.717, 1.165) is 0 Å². The Kier molecular flexibility index (Phi) is 4.85. The first kappa shape index (κ1) is 17.9. The van der Waals surface area contributed by atoms with Gasteiger partial charge in [0, 0.05) is 0 Å². The molecule has 3 aromatic rings. The number of hydrogen-bond donors (Lipinski definition) is 2. The minimum Gasteiger partial charge on any atom is -0.467 e. The summed E-state index contributed by atoms with van der Waals surface area (Å²) in [5.74, 6) is 1.22. The molecule has 0 radical (unpaired) electrons. The number of carbonyl (C=O) groups excluding carboxylic acids is 2. The van der Waals surface area contributed by atoms with Crippen LogP contribution in [0.5, 0.6) is 11.5 Å². The molecule has 1 aromatic heterocycles. The molecule has 0 bridgehead atoms. The van der Waals surface area contributed by atoms with E-state index in [1.807, 2.05) is 42.5 Å². The average molecular weight is 376 g/mol. The molecule has 2 aromatic carbocycles. The molecule has 6 nitrogen and oxygen atoms in total. The number of carbonyl (C=O) groups is 2. The Labute approximate surface area is 162 Å². The molecule has 1 aliphatic carbocycles. The molecule has 2 amide bonds. The SMILES string of the molecule is O=C(NCc1ccco1)C1(C(=O)Nc2ccccc2Oc2ccccc2)CC1. The van der Waals surface area contributed by atoms with Gasteiger partial charge in [-0.25, -0.2) is 0 Å². The lowest BCUT2D eigenvalue weighted by molar-refractivity contribution is -0.134. The maximum absolute atomic E-state index is 12.9. The molecule has 2 N–H and O–H groups in total. The molecule has 1 heterocycles. The van der Waals surface area contributed by atoms with Crippen LogP contribution in [0.3, 0.4) is 0 Å². The van der Waals surface area contributed by atoms with Crippen LogP contribution in [-0.4, -0.2) is 11.8 Å². The molecular weight excluding hydrogens is 356 g/mol. The van der Waals surface area contributed by atoms with Crippen LogP contribution in [0.2, 0.25) is 0 Å². The number of ether oxygens (including phenoxy) is 1. The van der Waals surface area contributed by atoms with Crippen molar-refractivity contribution in [3.63, 3.8) is 0 Å². The summed E-state index contributed by atoms with van der Waals surface area (Å²) < 4.78 is 11.1. The second-order valence-electron chi connectivity index (χ2n) is 6.71. The molecule has 1 aliphatic rings. The second-order valence-corrected chi connectivity index (χ2v) is 6.71. The lowest BCUT2D eigenvalue weighted by atomic mass is 10.0. The maximum atomic E-state index is 12.9. The fourth-order valence-electron chi connectivity index (χ4n) is 2.95. The monoisotopic (exact) mass is 376 g/mol. The van der Waals surface area contributed by atoms with Crippen LogP contribution in [0.25, 0.3) is 0 Å². The first-order valence-electron chi connectivity index (χ1n) is 9.11. The summed E-state index contributed by atoms with van der Waals surface area (Å²) in [5, 5.41) is 5.64. The highest BCUT2D eigenvalue weighted by Gasteiger charge is 2.56. The number of amides is 2. The number of para-hydroxylation sites is 3. The van der Waals surface area contributed by atoms with Crippen LogP contribution in [0.15, 0.2) is 77.4 Å². The Balaban J connectivity index is 1.44. The largest absolute Gasteiger partial charge is 0.467 e. The molecule has 0 atom stereocenters. The molecule has 1 saturated carbocycles. The number of benzene rings is 2. The summed E-state index contributed by atoms with van der Waals surface area (Å²) in [6.45, 7) is 0.259. The van der Waals surface area contributed by atoms with E-state index in [1.165, 1.54) is 0 Å². The predicted octanol–water partition coefficient (Wildman–Crippen LogP) is 4.11. The molecule has 0 saturated heterocycles. The minimum atomic E-state index is -1.04. The number of rotatable bonds is 7. The topological polar surface area (TPSA) is 80.6 Å². The zero-order valence-corrected chi connectivity index (χ0v) is 15.2. The van der Waals surface area contributed by atoms with Gasteiger partial charge in [-0.1, -0.05) is 30.3 Å². The summed E-state index contributed by atoms with van der Waals surface area (Å²) in [6.07, 6.45) is 2.58. The predicted molar refractivity (Wildman–Crippen MR) is 104 cm³/mol. The van der Waals surface area contributed by atoms with Crippen LogP contribution in [0, 0.1) is 5.41 Å². The Bertz CT molecular complexity index is 963. The highest BCUT2D eigenvalue weighted by Crippen LogP contribution is 2.47. The molecule has 0 aliphatic heterocycles. The fourth-order valence-corrected chi connectivity index (χ4v) is 2.95. The van der Waals surface area contributed by atoms with Crippen LogP contribution >= 0.6 is 0 Å². The van der Waals surface area contributed by atoms with Crippen molar-refractivity contribution in [1.82, 2.24) is 5.32 Å². The van der Waals surface area contributed by atoms with Gasteiger partial charge in [-0.2, -0.15) is 0 Å². The minimum absolute atomic E-state index is 0.259. The van der Waals surface area contributed by atoms with Gasteiger partial charge in [0.15, 0.2) is 5.75 Å². The number of nitrogens with one attached hydrogen (secondary N) is 2. The molecular formula is C22H20N2O4. The highest BCUT2D eigenvalue weighted by molar-refractivity contribution is 6.13. The van der Waals surface area contributed by atoms with E-state index in [-0.39, 0.29) is 18.4 Å². The third kappa shape index (κ3) is 3.76. The molecule has 142 valence electrons. The van der Waals surface area contributed by atoms with Gasteiger partial charge in [0.2, 0.25) is 11.8 Å². The summed E-state index contributed by atoms with van der Waals surface area (Å²) in [7, 11) is 0. The lowest BCUT2D eigenvalue weighted by Gasteiger charge is -2.17. The van der Waals surface area contributed by atoms with Gasteiger partial charge < -0.3 is 19.8 Å². The Morgan fingerprint density at radius 3 is 2.39 bits per heavy atom. The molecule has 28 heavy (non-hydrogen) atoms. The standard InChI is InChI=1S/C22H20N2O4/c25-20(23-15-17-9-6-14-27-17)22(12-13-22)21(26)24-18-10-4-5-11-19(18)28-16-7-2-1-3-8-16/h1-11,14H,12-13,15H2,(H,23,25)(H,24,26). The van der Waals surface area contributed by atoms with Crippen LogP contribution in [0.4, 0.5) is 5.69 Å². The molecule has 0 spiro atoms.